The van der Waals surface area contributed by atoms with Gasteiger partial charge >= 0.3 is 24.4 Å². The Bertz CT molecular complexity index is 901. The quantitative estimate of drug-likeness (QED) is 0.589. The van der Waals surface area contributed by atoms with Crippen LogP contribution in [0, 0.1) is 6.92 Å². The van der Waals surface area contributed by atoms with Gasteiger partial charge in [0.15, 0.2) is 0 Å². The highest BCUT2D eigenvalue weighted by Gasteiger charge is 2.60. The summed E-state index contributed by atoms with van der Waals surface area (Å²) in [5.74, 6) is -0.731. The number of rotatable bonds is 6. The predicted molar refractivity (Wildman–Crippen MR) is 112 cm³/mol. The number of nitrogens with zero attached hydrogens (tertiary/aromatic N) is 3. The lowest BCUT2D eigenvalue weighted by Gasteiger charge is -2.35. The smallest absolute Gasteiger partial charge is 0.434 e. The highest BCUT2D eigenvalue weighted by atomic mass is 19.4. The molecule has 0 bridgehead atoms. The Morgan fingerprint density at radius 1 is 1.03 bits per heavy atom. The van der Waals surface area contributed by atoms with Gasteiger partial charge in [0.2, 0.25) is 0 Å². The van der Waals surface area contributed by atoms with Crippen LogP contribution in [-0.2, 0) is 16.1 Å². The lowest BCUT2D eigenvalue weighted by atomic mass is 9.91. The zero-order valence-corrected chi connectivity index (χ0v) is 19.0. The molecule has 1 unspecified atom stereocenters. The summed E-state index contributed by atoms with van der Waals surface area (Å²) < 4.78 is 79.8. The molecule has 35 heavy (non-hydrogen) atoms. The molecule has 2 saturated heterocycles. The first kappa shape index (κ1) is 27.1. The van der Waals surface area contributed by atoms with Crippen molar-refractivity contribution < 1.29 is 45.8 Å². The van der Waals surface area contributed by atoms with Gasteiger partial charge in [0.1, 0.15) is 0 Å². The molecule has 2 aliphatic rings. The van der Waals surface area contributed by atoms with Crippen LogP contribution in [0.1, 0.15) is 29.0 Å². The number of carboxylic acids is 1. The van der Waals surface area contributed by atoms with E-state index in [0.29, 0.717) is 19.6 Å². The Morgan fingerprint density at radius 3 is 2.23 bits per heavy atom. The fraction of sp³-hybridized carbons (Fsp3) is 0.636. The zero-order chi connectivity index (χ0) is 26.0. The van der Waals surface area contributed by atoms with Crippen LogP contribution in [0.25, 0.3) is 0 Å². The van der Waals surface area contributed by atoms with Crippen molar-refractivity contribution in [2.75, 3.05) is 45.8 Å². The summed E-state index contributed by atoms with van der Waals surface area (Å²) >= 11 is 0. The molecule has 2 fully saturated rings. The fourth-order valence-electron chi connectivity index (χ4n) is 4.48. The molecule has 0 saturated carbocycles. The molecule has 196 valence electrons. The van der Waals surface area contributed by atoms with Gasteiger partial charge in [-0.15, -0.1) is 0 Å². The minimum atomic E-state index is -5.75. The molecule has 1 amide bonds. The van der Waals surface area contributed by atoms with Crippen LogP contribution < -0.4 is 0 Å². The summed E-state index contributed by atoms with van der Waals surface area (Å²) in [6.45, 7) is 4.06. The van der Waals surface area contributed by atoms with Gasteiger partial charge < -0.3 is 14.7 Å². The number of benzene rings is 1. The van der Waals surface area contributed by atoms with Crippen LogP contribution in [0.2, 0.25) is 0 Å². The number of amides is 1. The number of carbonyl (C=O) groups excluding carboxylic acids is 1. The summed E-state index contributed by atoms with van der Waals surface area (Å²) in [6, 6.07) is 5.99. The molecular weight excluding hydrogens is 484 g/mol. The molecule has 0 aromatic heterocycles. The second-order valence-corrected chi connectivity index (χ2v) is 8.93. The van der Waals surface area contributed by atoms with E-state index in [4.69, 9.17) is 5.11 Å². The van der Waals surface area contributed by atoms with Gasteiger partial charge in [-0.3, -0.25) is 14.6 Å². The van der Waals surface area contributed by atoms with E-state index >= 15 is 0 Å². The van der Waals surface area contributed by atoms with Crippen molar-refractivity contribution in [1.29, 1.82) is 0 Å². The predicted octanol–water partition coefficient (Wildman–Crippen LogP) is 3.62. The van der Waals surface area contributed by atoms with Crippen LogP contribution in [0.4, 0.5) is 31.1 Å². The van der Waals surface area contributed by atoms with Crippen LogP contribution in [0.3, 0.4) is 0 Å². The van der Waals surface area contributed by atoms with E-state index in [-0.39, 0.29) is 38.6 Å². The van der Waals surface area contributed by atoms with E-state index in [1.54, 1.807) is 0 Å². The topological polar surface area (TPSA) is 73.3 Å². The minimum Gasteiger partial charge on any atom is -0.480 e. The van der Waals surface area contributed by atoms with E-state index in [9.17, 15) is 35.9 Å². The molecule has 3 rings (SSSR count). The molecule has 1 N–H and O–H groups in total. The first-order valence-corrected chi connectivity index (χ1v) is 11.1. The van der Waals surface area contributed by atoms with Crippen LogP contribution >= 0.6 is 0 Å². The van der Waals surface area contributed by atoms with E-state index in [2.05, 4.69) is 10.8 Å². The molecule has 0 radical (unpaired) electrons. The number of alkyl halides is 6. The molecule has 1 atom stereocenters. The number of aryl methyl sites for hydroxylation is 1. The Labute approximate surface area is 198 Å². The average molecular weight is 511 g/mol. The first-order valence-electron chi connectivity index (χ1n) is 11.1. The molecule has 0 spiro atoms. The number of aliphatic carboxylic acids is 1. The molecule has 2 heterocycles. The molecule has 0 aliphatic carbocycles. The van der Waals surface area contributed by atoms with Gasteiger partial charge in [-0.25, -0.2) is 4.79 Å². The van der Waals surface area contributed by atoms with Crippen LogP contribution in [0.5, 0.6) is 0 Å². The first-order chi connectivity index (χ1) is 16.2. The number of hydrogen-bond acceptors (Lipinski definition) is 5. The molecule has 1 aromatic rings. The van der Waals surface area contributed by atoms with Gasteiger partial charge in [-0.1, -0.05) is 23.8 Å². The van der Waals surface area contributed by atoms with Crippen molar-refractivity contribution in [1.82, 2.24) is 14.7 Å². The molecule has 13 heteroatoms. The molecule has 1 aromatic carbocycles. The number of likely N-dealkylation sites (tertiary alicyclic amines) is 1. The Morgan fingerprint density at radius 2 is 1.66 bits per heavy atom. The van der Waals surface area contributed by atoms with Gasteiger partial charge in [-0.05, 0) is 36.9 Å². The summed E-state index contributed by atoms with van der Waals surface area (Å²) in [7, 11) is 0. The van der Waals surface area contributed by atoms with Crippen LogP contribution in [-0.4, -0.2) is 96.1 Å². The Hall–Kier alpha value is -2.54. The van der Waals surface area contributed by atoms with Gasteiger partial charge in [0.25, 0.3) is 6.10 Å². The highest BCUT2D eigenvalue weighted by molar-refractivity contribution is 5.69. The van der Waals surface area contributed by atoms with E-state index in [0.717, 1.165) is 28.0 Å². The Balaban J connectivity index is 1.59. The fourth-order valence-corrected chi connectivity index (χ4v) is 4.48. The maximum absolute atomic E-state index is 12.7. The number of carbonyl (C=O) groups is 2. The molecular formula is C22H27F6N3O4. The number of piperazine rings is 1. The third-order valence-electron chi connectivity index (χ3n) is 6.21. The number of ether oxygens (including phenoxy) is 1. The van der Waals surface area contributed by atoms with Crippen molar-refractivity contribution in [2.24, 2.45) is 0 Å². The van der Waals surface area contributed by atoms with Crippen molar-refractivity contribution in [3.8, 4) is 0 Å². The van der Waals surface area contributed by atoms with E-state index in [1.165, 1.54) is 0 Å². The van der Waals surface area contributed by atoms with Crippen molar-refractivity contribution in [2.45, 2.75) is 44.3 Å². The molecule has 2 aliphatic heterocycles. The summed E-state index contributed by atoms with van der Waals surface area (Å²) in [4.78, 5) is 27.7. The summed E-state index contributed by atoms with van der Waals surface area (Å²) in [5, 5.41) is 9.04. The summed E-state index contributed by atoms with van der Waals surface area (Å²) in [5.41, 5.74) is 3.16. The molecule has 7 nitrogen and oxygen atoms in total. The zero-order valence-electron chi connectivity index (χ0n) is 19.0. The number of hydrogen-bond donors (Lipinski definition) is 1. The van der Waals surface area contributed by atoms with Crippen LogP contribution in [0.15, 0.2) is 18.2 Å². The second-order valence-electron chi connectivity index (χ2n) is 8.93. The number of carboxylic acid groups (broad SMARTS) is 1. The monoisotopic (exact) mass is 511 g/mol. The average Bonchev–Trinajstić information content (AvgIpc) is 3.19. The summed E-state index contributed by atoms with van der Waals surface area (Å²) in [6.07, 6.45) is -16.5. The van der Waals surface area contributed by atoms with Gasteiger partial charge in [0, 0.05) is 39.3 Å². The second kappa shape index (κ2) is 10.6. The Kier molecular flexibility index (Phi) is 8.20. The van der Waals surface area contributed by atoms with Gasteiger partial charge in [0.05, 0.1) is 6.54 Å². The van der Waals surface area contributed by atoms with Crippen molar-refractivity contribution >= 4 is 12.1 Å². The normalized spacial score (nSPS) is 20.5. The highest BCUT2D eigenvalue weighted by Crippen LogP contribution is 2.36. The maximum Gasteiger partial charge on any atom is 0.434 e. The van der Waals surface area contributed by atoms with E-state index < -0.39 is 30.5 Å². The minimum absolute atomic E-state index is 0.0285. The SMILES string of the molecule is Cc1ccc(CN2CCN(C(=O)OC(C(F)(F)F)C(F)(F)F)CC2)c(C2CCN(CC(=O)O)C2)c1. The maximum atomic E-state index is 12.7. The lowest BCUT2D eigenvalue weighted by molar-refractivity contribution is -0.308. The lowest BCUT2D eigenvalue weighted by Crippen LogP contribution is -2.52. The third kappa shape index (κ3) is 7.23. The van der Waals surface area contributed by atoms with E-state index in [1.807, 2.05) is 28.9 Å². The third-order valence-corrected chi connectivity index (χ3v) is 6.21. The van der Waals surface area contributed by atoms with Crippen molar-refractivity contribution in [3.63, 3.8) is 0 Å². The van der Waals surface area contributed by atoms with Gasteiger partial charge in [-0.2, -0.15) is 26.3 Å². The van der Waals surface area contributed by atoms with Crippen molar-refractivity contribution in [3.05, 3.63) is 34.9 Å². The standard InChI is InChI=1S/C22H27F6N3O4/c1-14-2-3-15(17(10-14)16-4-5-30(12-16)13-18(32)33)11-29-6-8-31(9-7-29)20(34)35-19(21(23,24)25)22(26,27)28/h2-3,10,16,19H,4-9,11-13H2,1H3,(H,32,33). The largest absolute Gasteiger partial charge is 0.480 e. The number of halogens is 6.